The molecule has 2 aromatic heterocycles. The molecule has 0 saturated heterocycles. The Balaban J connectivity index is 1.80. The van der Waals surface area contributed by atoms with Crippen molar-refractivity contribution >= 4 is 33.1 Å². The van der Waals surface area contributed by atoms with Crippen LogP contribution in [0.15, 0.2) is 35.3 Å². The zero-order valence-electron chi connectivity index (χ0n) is 12.9. The number of nitrogens with zero attached hydrogens (tertiary/aromatic N) is 3. The molecule has 0 spiro atoms. The van der Waals surface area contributed by atoms with Crippen molar-refractivity contribution in [3.63, 3.8) is 0 Å². The minimum Gasteiger partial charge on any atom is -0.300 e. The largest absolute Gasteiger partial charge is 0.300 e. The van der Waals surface area contributed by atoms with Crippen LogP contribution in [0.3, 0.4) is 0 Å². The summed E-state index contributed by atoms with van der Waals surface area (Å²) >= 11 is 1.43. The summed E-state index contributed by atoms with van der Waals surface area (Å²) < 4.78 is 1.17. The lowest BCUT2D eigenvalue weighted by atomic mass is 10.2. The summed E-state index contributed by atoms with van der Waals surface area (Å²) in [6.45, 7) is 3.86. The number of fused-ring (bicyclic) bond motifs is 1. The first-order chi connectivity index (χ1) is 11.1. The van der Waals surface area contributed by atoms with E-state index in [1.807, 2.05) is 26.0 Å². The fourth-order valence-electron chi connectivity index (χ4n) is 2.34. The average Bonchev–Trinajstić information content (AvgIpc) is 2.90. The van der Waals surface area contributed by atoms with E-state index in [1.54, 1.807) is 18.3 Å². The molecule has 7 heteroatoms. The van der Waals surface area contributed by atoms with E-state index in [2.05, 4.69) is 15.4 Å². The molecular weight excluding hydrogens is 312 g/mol. The molecule has 3 rings (SSSR count). The molecule has 3 aromatic rings. The Morgan fingerprint density at radius 2 is 2.13 bits per heavy atom. The van der Waals surface area contributed by atoms with Crippen LogP contribution in [0, 0.1) is 6.92 Å². The highest BCUT2D eigenvalue weighted by atomic mass is 32.1. The van der Waals surface area contributed by atoms with Gasteiger partial charge in [-0.25, -0.2) is 9.67 Å². The van der Waals surface area contributed by atoms with Crippen LogP contribution >= 0.6 is 11.3 Å². The monoisotopic (exact) mass is 328 g/mol. The fourth-order valence-corrected chi connectivity index (χ4v) is 3.26. The second kappa shape index (κ2) is 6.29. The number of rotatable bonds is 4. The number of hydrogen-bond acceptors (Lipinski definition) is 5. The predicted octanol–water partition coefficient (Wildman–Crippen LogP) is 2.36. The maximum Gasteiger partial charge on any atom is 0.275 e. The van der Waals surface area contributed by atoms with Crippen LogP contribution in [0.25, 0.3) is 10.8 Å². The molecule has 0 aliphatic rings. The maximum atomic E-state index is 12.3. The molecule has 0 radical (unpaired) electrons. The number of aromatic nitrogens is 3. The van der Waals surface area contributed by atoms with Crippen molar-refractivity contribution in [1.29, 1.82) is 0 Å². The van der Waals surface area contributed by atoms with Gasteiger partial charge in [0.15, 0.2) is 5.13 Å². The molecule has 1 amide bonds. The molecule has 0 saturated carbocycles. The van der Waals surface area contributed by atoms with E-state index in [1.165, 1.54) is 16.0 Å². The van der Waals surface area contributed by atoms with Crippen LogP contribution in [-0.2, 0) is 17.8 Å². The SMILES string of the molecule is CCc1nc(NC(=O)Cn2ncc3ccccc3c2=O)sc1C. The molecule has 0 unspecified atom stereocenters. The smallest absolute Gasteiger partial charge is 0.275 e. The molecule has 0 fully saturated rings. The lowest BCUT2D eigenvalue weighted by molar-refractivity contribution is -0.117. The van der Waals surface area contributed by atoms with Crippen LogP contribution in [0.5, 0.6) is 0 Å². The third-order valence-electron chi connectivity index (χ3n) is 3.53. The summed E-state index contributed by atoms with van der Waals surface area (Å²) in [4.78, 5) is 29.9. The average molecular weight is 328 g/mol. The molecule has 0 aliphatic carbocycles. The van der Waals surface area contributed by atoms with Gasteiger partial charge in [-0.3, -0.25) is 9.59 Å². The first-order valence-corrected chi connectivity index (χ1v) is 8.11. The molecule has 23 heavy (non-hydrogen) atoms. The molecule has 2 heterocycles. The van der Waals surface area contributed by atoms with Crippen LogP contribution in [0.4, 0.5) is 5.13 Å². The van der Waals surface area contributed by atoms with Gasteiger partial charge >= 0.3 is 0 Å². The highest BCUT2D eigenvalue weighted by Crippen LogP contribution is 2.22. The van der Waals surface area contributed by atoms with Gasteiger partial charge in [-0.1, -0.05) is 25.1 Å². The number of hydrogen-bond donors (Lipinski definition) is 1. The van der Waals surface area contributed by atoms with Crippen LogP contribution in [-0.4, -0.2) is 20.7 Å². The lowest BCUT2D eigenvalue weighted by Crippen LogP contribution is -2.29. The van der Waals surface area contributed by atoms with E-state index in [4.69, 9.17) is 0 Å². The molecule has 118 valence electrons. The zero-order chi connectivity index (χ0) is 16.4. The number of amides is 1. The van der Waals surface area contributed by atoms with Gasteiger partial charge in [0.1, 0.15) is 6.54 Å². The van der Waals surface area contributed by atoms with Gasteiger partial charge in [0.25, 0.3) is 5.56 Å². The van der Waals surface area contributed by atoms with Crippen LogP contribution < -0.4 is 10.9 Å². The zero-order valence-corrected chi connectivity index (χ0v) is 13.7. The summed E-state index contributed by atoms with van der Waals surface area (Å²) in [5.74, 6) is -0.314. The first kappa shape index (κ1) is 15.4. The fraction of sp³-hybridized carbons (Fsp3) is 0.250. The molecule has 0 aliphatic heterocycles. The van der Waals surface area contributed by atoms with E-state index >= 15 is 0 Å². The molecule has 1 aromatic carbocycles. The first-order valence-electron chi connectivity index (χ1n) is 7.29. The Morgan fingerprint density at radius 3 is 2.87 bits per heavy atom. The van der Waals surface area contributed by atoms with Crippen LogP contribution in [0.2, 0.25) is 0 Å². The van der Waals surface area contributed by atoms with Gasteiger partial charge in [-0.2, -0.15) is 5.10 Å². The van der Waals surface area contributed by atoms with E-state index < -0.39 is 0 Å². The lowest BCUT2D eigenvalue weighted by Gasteiger charge is -2.05. The van der Waals surface area contributed by atoms with Gasteiger partial charge in [-0.05, 0) is 19.4 Å². The molecule has 6 nitrogen and oxygen atoms in total. The quantitative estimate of drug-likeness (QED) is 0.797. The Labute approximate surface area is 136 Å². The number of thiazole rings is 1. The van der Waals surface area contributed by atoms with Crippen molar-refractivity contribution in [3.05, 3.63) is 51.4 Å². The molecule has 1 N–H and O–H groups in total. The van der Waals surface area contributed by atoms with Crippen molar-refractivity contribution in [2.24, 2.45) is 0 Å². The number of benzene rings is 1. The Morgan fingerprint density at radius 1 is 1.35 bits per heavy atom. The highest BCUT2D eigenvalue weighted by molar-refractivity contribution is 7.15. The molecule has 0 bridgehead atoms. The molecule has 0 atom stereocenters. The van der Waals surface area contributed by atoms with E-state index in [0.29, 0.717) is 10.5 Å². The number of anilines is 1. The maximum absolute atomic E-state index is 12.3. The van der Waals surface area contributed by atoms with Crippen molar-refractivity contribution < 1.29 is 4.79 Å². The minimum atomic E-state index is -0.314. The minimum absolute atomic E-state index is 0.135. The standard InChI is InChI=1S/C16H16N4O2S/c1-3-13-10(2)23-16(18-13)19-14(21)9-20-15(22)12-7-5-4-6-11(12)8-17-20/h4-8H,3,9H2,1-2H3,(H,18,19,21). The van der Waals surface area contributed by atoms with Gasteiger partial charge in [-0.15, -0.1) is 11.3 Å². The van der Waals surface area contributed by atoms with E-state index in [0.717, 1.165) is 22.4 Å². The Bertz CT molecular complexity index is 929. The summed E-state index contributed by atoms with van der Waals surface area (Å²) in [6, 6.07) is 7.18. The number of carbonyl (C=O) groups excluding carboxylic acids is 1. The second-order valence-corrected chi connectivity index (χ2v) is 6.32. The number of nitrogens with one attached hydrogen (secondary N) is 1. The summed E-state index contributed by atoms with van der Waals surface area (Å²) in [6.07, 6.45) is 2.41. The number of carbonyl (C=O) groups is 1. The Hall–Kier alpha value is -2.54. The number of aryl methyl sites for hydroxylation is 2. The third-order valence-corrected chi connectivity index (χ3v) is 4.46. The van der Waals surface area contributed by atoms with Crippen LogP contribution in [0.1, 0.15) is 17.5 Å². The second-order valence-electron chi connectivity index (χ2n) is 5.12. The van der Waals surface area contributed by atoms with Crippen molar-refractivity contribution in [2.45, 2.75) is 26.8 Å². The highest BCUT2D eigenvalue weighted by Gasteiger charge is 2.12. The van der Waals surface area contributed by atoms with Crippen molar-refractivity contribution in [1.82, 2.24) is 14.8 Å². The van der Waals surface area contributed by atoms with E-state index in [9.17, 15) is 9.59 Å². The topological polar surface area (TPSA) is 76.9 Å². The van der Waals surface area contributed by atoms with Gasteiger partial charge in [0, 0.05) is 10.3 Å². The van der Waals surface area contributed by atoms with Crippen molar-refractivity contribution in [3.8, 4) is 0 Å². The normalized spacial score (nSPS) is 10.9. The van der Waals surface area contributed by atoms with Crippen molar-refractivity contribution in [2.75, 3.05) is 5.32 Å². The summed E-state index contributed by atoms with van der Waals surface area (Å²) in [5.41, 5.74) is 0.703. The van der Waals surface area contributed by atoms with E-state index in [-0.39, 0.29) is 18.0 Å². The predicted molar refractivity (Wildman–Crippen MR) is 90.9 cm³/mol. The van der Waals surface area contributed by atoms with Gasteiger partial charge < -0.3 is 5.32 Å². The third kappa shape index (κ3) is 3.14. The van der Waals surface area contributed by atoms with Gasteiger partial charge in [0.2, 0.25) is 5.91 Å². The molecular formula is C16H16N4O2S. The summed E-state index contributed by atoms with van der Waals surface area (Å²) in [7, 11) is 0. The van der Waals surface area contributed by atoms with Gasteiger partial charge in [0.05, 0.1) is 17.3 Å². The Kier molecular flexibility index (Phi) is 4.20. The summed E-state index contributed by atoms with van der Waals surface area (Å²) in [5, 5.41) is 8.65.